The number of Topliss-reactive ketones (excluding diaryl/α,β-unsaturated/α-hetero) is 1. The summed E-state index contributed by atoms with van der Waals surface area (Å²) in [6, 6.07) is 0.514. The Morgan fingerprint density at radius 3 is 2.94 bits per heavy atom. The molecule has 0 radical (unpaired) electrons. The lowest BCUT2D eigenvalue weighted by molar-refractivity contribution is -0.179. The van der Waals surface area contributed by atoms with Crippen molar-refractivity contribution in [2.75, 3.05) is 7.05 Å². The number of ketones is 1. The Labute approximate surface area is 95.9 Å². The Balaban J connectivity index is 1.82. The monoisotopic (exact) mass is 225 g/mol. The third-order valence-corrected chi connectivity index (χ3v) is 4.12. The Bertz CT molecular complexity index is 317. The second kappa shape index (κ2) is 3.52. The van der Waals surface area contributed by atoms with Crippen LogP contribution in [0.5, 0.6) is 0 Å². The maximum atomic E-state index is 11.8. The Kier molecular flexibility index (Phi) is 2.35. The third-order valence-electron chi connectivity index (χ3n) is 4.12. The third kappa shape index (κ3) is 1.36. The van der Waals surface area contributed by atoms with Gasteiger partial charge in [0.2, 0.25) is 0 Å². The summed E-state index contributed by atoms with van der Waals surface area (Å²) in [7, 11) is 2.04. The highest BCUT2D eigenvalue weighted by Gasteiger charge is 2.59. The lowest BCUT2D eigenvalue weighted by atomic mass is 9.98. The van der Waals surface area contributed by atoms with E-state index in [4.69, 9.17) is 9.47 Å². The van der Waals surface area contributed by atoms with Gasteiger partial charge < -0.3 is 9.47 Å². The standard InChI is InChI=1S/C12H19NO3/c1-6(2)15-12-7-4-8-9(14)5-10(16-12)11(7)13(8)3/h6-8,10-12H,4-5H2,1-3H3/t7-,8-,10?,11+,12-/m0/s1. The molecule has 0 aromatic carbocycles. The van der Waals surface area contributed by atoms with E-state index in [2.05, 4.69) is 4.90 Å². The number of piperidine rings is 1. The van der Waals surface area contributed by atoms with Gasteiger partial charge in [-0.25, -0.2) is 0 Å². The Morgan fingerprint density at radius 1 is 1.50 bits per heavy atom. The average molecular weight is 225 g/mol. The molecule has 1 unspecified atom stereocenters. The van der Waals surface area contributed by atoms with E-state index in [0.717, 1.165) is 6.42 Å². The minimum Gasteiger partial charge on any atom is -0.350 e. The molecule has 0 N–H and O–H groups in total. The topological polar surface area (TPSA) is 38.8 Å². The molecule has 90 valence electrons. The van der Waals surface area contributed by atoms with E-state index in [1.54, 1.807) is 0 Å². The fraction of sp³-hybridized carbons (Fsp3) is 0.917. The van der Waals surface area contributed by atoms with Crippen LogP contribution in [-0.2, 0) is 14.3 Å². The number of nitrogens with zero attached hydrogens (tertiary/aromatic N) is 1. The van der Waals surface area contributed by atoms with Gasteiger partial charge >= 0.3 is 0 Å². The normalized spacial score (nSPS) is 47.0. The van der Waals surface area contributed by atoms with Gasteiger partial charge in [0.15, 0.2) is 12.1 Å². The SMILES string of the molecule is CC(C)O[C@H]1OC2CC(=O)[C@@H]3C[C@H]1[C@H]2N3C. The number of hydrogen-bond donors (Lipinski definition) is 0. The molecule has 0 aliphatic carbocycles. The van der Waals surface area contributed by atoms with E-state index < -0.39 is 0 Å². The number of hydrogen-bond acceptors (Lipinski definition) is 4. The summed E-state index contributed by atoms with van der Waals surface area (Å²) < 4.78 is 11.7. The van der Waals surface area contributed by atoms with Crippen LogP contribution in [0, 0.1) is 5.92 Å². The van der Waals surface area contributed by atoms with Crippen molar-refractivity contribution in [3.63, 3.8) is 0 Å². The van der Waals surface area contributed by atoms with Crippen molar-refractivity contribution in [1.29, 1.82) is 0 Å². The molecule has 16 heavy (non-hydrogen) atoms. The lowest BCUT2D eigenvalue weighted by Gasteiger charge is -2.33. The van der Waals surface area contributed by atoms with Crippen molar-refractivity contribution >= 4 is 5.78 Å². The summed E-state index contributed by atoms with van der Waals surface area (Å²) in [6.07, 6.45) is 1.63. The van der Waals surface area contributed by atoms with E-state index in [9.17, 15) is 4.79 Å². The maximum absolute atomic E-state index is 11.8. The molecule has 0 aromatic heterocycles. The number of likely N-dealkylation sites (N-methyl/N-ethyl adjacent to an activating group) is 1. The van der Waals surface area contributed by atoms with E-state index >= 15 is 0 Å². The van der Waals surface area contributed by atoms with Crippen molar-refractivity contribution in [2.24, 2.45) is 5.92 Å². The van der Waals surface area contributed by atoms with Gasteiger partial charge in [0.05, 0.1) is 18.2 Å². The molecule has 0 aromatic rings. The van der Waals surface area contributed by atoms with Crippen molar-refractivity contribution in [3.8, 4) is 0 Å². The van der Waals surface area contributed by atoms with Crippen LogP contribution in [0.25, 0.3) is 0 Å². The molecular formula is C12H19NO3. The predicted octanol–water partition coefficient (Wildman–Crippen LogP) is 0.798. The number of fused-ring (bicyclic) bond motifs is 1. The summed E-state index contributed by atoms with van der Waals surface area (Å²) in [5.41, 5.74) is 0. The van der Waals surface area contributed by atoms with Crippen LogP contribution in [0.2, 0.25) is 0 Å². The van der Waals surface area contributed by atoms with Gasteiger partial charge in [-0.3, -0.25) is 9.69 Å². The van der Waals surface area contributed by atoms with E-state index in [-0.39, 0.29) is 24.5 Å². The highest BCUT2D eigenvalue weighted by molar-refractivity contribution is 5.86. The molecule has 0 amide bonds. The minimum atomic E-state index is -0.101. The van der Waals surface area contributed by atoms with Crippen LogP contribution < -0.4 is 0 Å². The quantitative estimate of drug-likeness (QED) is 0.696. The Hall–Kier alpha value is -0.450. The van der Waals surface area contributed by atoms with E-state index in [1.165, 1.54) is 0 Å². The average Bonchev–Trinajstić information content (AvgIpc) is 2.61. The molecule has 3 aliphatic heterocycles. The highest BCUT2D eigenvalue weighted by Crippen LogP contribution is 2.46. The summed E-state index contributed by atoms with van der Waals surface area (Å²) in [5, 5.41) is 0. The van der Waals surface area contributed by atoms with Crippen LogP contribution in [0.4, 0.5) is 0 Å². The second-order valence-corrected chi connectivity index (χ2v) is 5.47. The van der Waals surface area contributed by atoms with Crippen molar-refractivity contribution in [2.45, 2.75) is 57.3 Å². The first-order valence-electron chi connectivity index (χ1n) is 6.13. The molecule has 3 saturated heterocycles. The molecule has 3 fully saturated rings. The molecule has 0 saturated carbocycles. The van der Waals surface area contributed by atoms with Gasteiger partial charge in [-0.2, -0.15) is 0 Å². The summed E-state index contributed by atoms with van der Waals surface area (Å²) >= 11 is 0. The van der Waals surface area contributed by atoms with Gasteiger partial charge in [0, 0.05) is 18.4 Å². The van der Waals surface area contributed by atoms with Crippen LogP contribution in [-0.4, -0.2) is 48.3 Å². The van der Waals surface area contributed by atoms with Gasteiger partial charge in [-0.15, -0.1) is 0 Å². The molecule has 0 spiro atoms. The van der Waals surface area contributed by atoms with Crippen LogP contribution in [0.1, 0.15) is 26.7 Å². The zero-order valence-electron chi connectivity index (χ0n) is 10.1. The maximum Gasteiger partial charge on any atom is 0.162 e. The summed E-state index contributed by atoms with van der Waals surface area (Å²) in [4.78, 5) is 14.0. The first kappa shape index (κ1) is 10.7. The molecule has 2 bridgehead atoms. The molecule has 4 heteroatoms. The first-order valence-corrected chi connectivity index (χ1v) is 6.13. The number of carbonyl (C=O) groups is 1. The number of carbonyl (C=O) groups excluding carboxylic acids is 1. The van der Waals surface area contributed by atoms with Crippen LogP contribution >= 0.6 is 0 Å². The van der Waals surface area contributed by atoms with Gasteiger partial charge in [0.25, 0.3) is 0 Å². The van der Waals surface area contributed by atoms with Crippen LogP contribution in [0.3, 0.4) is 0 Å². The van der Waals surface area contributed by atoms with Crippen molar-refractivity contribution in [1.82, 2.24) is 4.90 Å². The zero-order chi connectivity index (χ0) is 11.4. The van der Waals surface area contributed by atoms with Gasteiger partial charge in [0.1, 0.15) is 0 Å². The smallest absolute Gasteiger partial charge is 0.162 e. The highest BCUT2D eigenvalue weighted by atomic mass is 16.7. The fourth-order valence-electron chi connectivity index (χ4n) is 3.50. The molecule has 3 aliphatic rings. The van der Waals surface area contributed by atoms with E-state index in [0.29, 0.717) is 24.2 Å². The Morgan fingerprint density at radius 2 is 2.25 bits per heavy atom. The fourth-order valence-corrected chi connectivity index (χ4v) is 3.50. The number of rotatable bonds is 2. The number of ether oxygens (including phenoxy) is 2. The van der Waals surface area contributed by atoms with Crippen molar-refractivity contribution < 1.29 is 14.3 Å². The summed E-state index contributed by atoms with van der Waals surface area (Å²) in [6.45, 7) is 4.05. The second-order valence-electron chi connectivity index (χ2n) is 5.47. The van der Waals surface area contributed by atoms with Gasteiger partial charge in [-0.1, -0.05) is 0 Å². The van der Waals surface area contributed by atoms with Gasteiger partial charge in [-0.05, 0) is 27.3 Å². The molecule has 5 atom stereocenters. The predicted molar refractivity (Wildman–Crippen MR) is 58.0 cm³/mol. The first-order chi connectivity index (χ1) is 7.58. The van der Waals surface area contributed by atoms with Crippen LogP contribution in [0.15, 0.2) is 0 Å². The molecular weight excluding hydrogens is 206 g/mol. The molecule has 3 heterocycles. The largest absolute Gasteiger partial charge is 0.350 e. The zero-order valence-corrected chi connectivity index (χ0v) is 10.1. The molecule has 4 nitrogen and oxygen atoms in total. The van der Waals surface area contributed by atoms with Crippen molar-refractivity contribution in [3.05, 3.63) is 0 Å². The summed E-state index contributed by atoms with van der Waals surface area (Å²) in [5.74, 6) is 0.725. The van der Waals surface area contributed by atoms with E-state index in [1.807, 2.05) is 20.9 Å². The molecule has 3 rings (SSSR count). The minimum absolute atomic E-state index is 0.0602. The lowest BCUT2D eigenvalue weighted by Crippen LogP contribution is -2.49.